The average molecular weight is 737 g/mol. The minimum Gasteiger partial charge on any atom is -0.449 e. The van der Waals surface area contributed by atoms with Gasteiger partial charge in [0.2, 0.25) is 0 Å². The molecular weight excluding hydrogens is 704 g/mol. The van der Waals surface area contributed by atoms with E-state index in [1.54, 1.807) is 0 Å². The molecule has 0 N–H and O–H groups in total. The van der Waals surface area contributed by atoms with E-state index >= 15 is 4.57 Å². The second kappa shape index (κ2) is 12.8. The Morgan fingerprint density at radius 3 is 1.48 bits per heavy atom. The van der Waals surface area contributed by atoms with E-state index in [1.807, 2.05) is 84.9 Å². The van der Waals surface area contributed by atoms with Crippen LogP contribution in [0.3, 0.4) is 0 Å². The standard InChI is InChI=1S/C52H33O3P/c53-56(36-18-3-1-4-19-36,37-20-5-2-6-21-37)38-22-15-17-35(32-38)49-41-25-10-12-27-43(41)50(44-28-13-11-26-42(44)49)46-33-48-52(45-29-14-9-24-40(45)46)55-51-39-23-8-7-16-34(39)30-31-47(51)54-48/h1-33H. The minimum atomic E-state index is -3.20. The minimum absolute atomic E-state index is 0.684. The van der Waals surface area contributed by atoms with Crippen LogP contribution in [0.1, 0.15) is 0 Å². The fourth-order valence-electron chi connectivity index (χ4n) is 8.65. The first-order valence-corrected chi connectivity index (χ1v) is 20.6. The van der Waals surface area contributed by atoms with Crippen molar-refractivity contribution in [2.45, 2.75) is 0 Å². The van der Waals surface area contributed by atoms with Gasteiger partial charge in [-0.15, -0.1) is 0 Å². The zero-order valence-corrected chi connectivity index (χ0v) is 31.1. The SMILES string of the molecule is O=P(c1ccccc1)(c1ccccc1)c1cccc(-c2c3ccccc3c(-c3cc4c(c5ccccc35)Oc3c(ccc5ccccc35)O4)c3ccccc23)c1. The summed E-state index contributed by atoms with van der Waals surface area (Å²) in [6, 6.07) is 68.4. The van der Waals surface area contributed by atoms with Crippen LogP contribution in [0.15, 0.2) is 200 Å². The summed E-state index contributed by atoms with van der Waals surface area (Å²) in [5.41, 5.74) is 4.32. The molecule has 0 saturated heterocycles. The zero-order valence-electron chi connectivity index (χ0n) is 30.2. The Kier molecular flexibility index (Phi) is 7.45. The molecule has 264 valence electrons. The van der Waals surface area contributed by atoms with E-state index in [0.717, 1.165) is 92.8 Å². The van der Waals surface area contributed by atoms with Crippen molar-refractivity contribution in [3.63, 3.8) is 0 Å². The lowest BCUT2D eigenvalue weighted by Crippen LogP contribution is -2.25. The molecule has 3 nitrogen and oxygen atoms in total. The predicted octanol–water partition coefficient (Wildman–Crippen LogP) is 13.2. The van der Waals surface area contributed by atoms with Gasteiger partial charge in [0.05, 0.1) is 0 Å². The summed E-state index contributed by atoms with van der Waals surface area (Å²) in [6.45, 7) is 0. The van der Waals surface area contributed by atoms with Crippen LogP contribution in [0, 0.1) is 0 Å². The fraction of sp³-hybridized carbons (Fsp3) is 0. The maximum absolute atomic E-state index is 15.5. The maximum Gasteiger partial charge on any atom is 0.178 e. The molecule has 0 atom stereocenters. The van der Waals surface area contributed by atoms with Crippen LogP contribution < -0.4 is 25.4 Å². The zero-order chi connectivity index (χ0) is 37.2. The van der Waals surface area contributed by atoms with Crippen molar-refractivity contribution in [3.05, 3.63) is 200 Å². The molecule has 1 aliphatic heterocycles. The maximum atomic E-state index is 15.5. The van der Waals surface area contributed by atoms with Crippen LogP contribution in [0.4, 0.5) is 0 Å². The van der Waals surface area contributed by atoms with Crippen molar-refractivity contribution in [2.75, 3.05) is 0 Å². The quantitative estimate of drug-likeness (QED) is 0.130. The Morgan fingerprint density at radius 1 is 0.339 bits per heavy atom. The molecule has 10 aromatic rings. The first kappa shape index (κ1) is 32.5. The van der Waals surface area contributed by atoms with Gasteiger partial charge in [0.15, 0.2) is 30.1 Å². The molecule has 0 amide bonds. The highest BCUT2D eigenvalue weighted by atomic mass is 31.2. The van der Waals surface area contributed by atoms with Crippen molar-refractivity contribution in [1.29, 1.82) is 0 Å². The average Bonchev–Trinajstić information content (AvgIpc) is 3.27. The van der Waals surface area contributed by atoms with Crippen molar-refractivity contribution < 1.29 is 14.0 Å². The van der Waals surface area contributed by atoms with Crippen LogP contribution in [0.25, 0.3) is 65.3 Å². The molecule has 10 aromatic carbocycles. The Labute approximate surface area is 324 Å². The Bertz CT molecular complexity index is 3130. The Morgan fingerprint density at radius 2 is 0.839 bits per heavy atom. The summed E-state index contributed by atoms with van der Waals surface area (Å²) < 4.78 is 29.1. The number of hydrogen-bond donors (Lipinski definition) is 0. The van der Waals surface area contributed by atoms with Gasteiger partial charge in [-0.25, -0.2) is 0 Å². The molecule has 1 heterocycles. The van der Waals surface area contributed by atoms with Crippen LogP contribution in [-0.2, 0) is 4.57 Å². The van der Waals surface area contributed by atoms with E-state index in [4.69, 9.17) is 9.47 Å². The van der Waals surface area contributed by atoms with E-state index in [0.29, 0.717) is 11.5 Å². The largest absolute Gasteiger partial charge is 0.449 e. The van der Waals surface area contributed by atoms with Crippen molar-refractivity contribution in [3.8, 4) is 45.3 Å². The van der Waals surface area contributed by atoms with Gasteiger partial charge in [-0.1, -0.05) is 182 Å². The van der Waals surface area contributed by atoms with Crippen LogP contribution in [0.2, 0.25) is 0 Å². The molecule has 0 bridgehead atoms. The summed E-state index contributed by atoms with van der Waals surface area (Å²) in [7, 11) is -3.20. The highest BCUT2D eigenvalue weighted by molar-refractivity contribution is 7.85. The third-order valence-corrected chi connectivity index (χ3v) is 14.2. The molecule has 0 radical (unpaired) electrons. The normalized spacial score (nSPS) is 12.3. The molecule has 0 saturated carbocycles. The molecule has 0 aromatic heterocycles. The van der Waals surface area contributed by atoms with Gasteiger partial charge >= 0.3 is 0 Å². The van der Waals surface area contributed by atoms with Crippen molar-refractivity contribution >= 4 is 66.1 Å². The van der Waals surface area contributed by atoms with Gasteiger partial charge < -0.3 is 14.0 Å². The van der Waals surface area contributed by atoms with E-state index in [2.05, 4.69) is 115 Å². The van der Waals surface area contributed by atoms with Gasteiger partial charge in [-0.05, 0) is 72.8 Å². The first-order valence-electron chi connectivity index (χ1n) is 18.9. The van der Waals surface area contributed by atoms with Crippen LogP contribution in [0.5, 0.6) is 23.0 Å². The van der Waals surface area contributed by atoms with E-state index in [1.165, 1.54) is 0 Å². The van der Waals surface area contributed by atoms with Gasteiger partial charge in [0.25, 0.3) is 0 Å². The Hall–Kier alpha value is -6.93. The molecular formula is C52H33O3P. The topological polar surface area (TPSA) is 35.5 Å². The lowest BCUT2D eigenvalue weighted by Gasteiger charge is -2.25. The smallest absolute Gasteiger partial charge is 0.178 e. The third kappa shape index (κ3) is 4.95. The lowest BCUT2D eigenvalue weighted by molar-refractivity contribution is 0.367. The van der Waals surface area contributed by atoms with Crippen LogP contribution in [-0.4, -0.2) is 0 Å². The van der Waals surface area contributed by atoms with Gasteiger partial charge in [-0.3, -0.25) is 0 Å². The van der Waals surface area contributed by atoms with Crippen molar-refractivity contribution in [1.82, 2.24) is 0 Å². The van der Waals surface area contributed by atoms with E-state index in [-0.39, 0.29) is 0 Å². The molecule has 0 unspecified atom stereocenters. The summed E-state index contributed by atoms with van der Waals surface area (Å²) >= 11 is 0. The second-order valence-electron chi connectivity index (χ2n) is 14.3. The highest BCUT2D eigenvalue weighted by Crippen LogP contribution is 2.55. The van der Waals surface area contributed by atoms with Crippen LogP contribution >= 0.6 is 7.14 Å². The highest BCUT2D eigenvalue weighted by Gasteiger charge is 2.31. The second-order valence-corrected chi connectivity index (χ2v) is 17.1. The van der Waals surface area contributed by atoms with E-state index in [9.17, 15) is 0 Å². The van der Waals surface area contributed by atoms with Crippen molar-refractivity contribution in [2.24, 2.45) is 0 Å². The monoisotopic (exact) mass is 736 g/mol. The predicted molar refractivity (Wildman–Crippen MR) is 233 cm³/mol. The number of hydrogen-bond acceptors (Lipinski definition) is 3. The Balaban J connectivity index is 1.15. The first-order chi connectivity index (χ1) is 27.7. The number of fused-ring (bicyclic) bond motifs is 8. The molecule has 4 heteroatoms. The number of rotatable bonds is 5. The van der Waals surface area contributed by atoms with Gasteiger partial charge in [-0.2, -0.15) is 0 Å². The third-order valence-electron chi connectivity index (χ3n) is 11.2. The summed E-state index contributed by atoms with van der Waals surface area (Å²) in [4.78, 5) is 0. The van der Waals surface area contributed by atoms with Gasteiger partial charge in [0.1, 0.15) is 0 Å². The molecule has 0 fully saturated rings. The summed E-state index contributed by atoms with van der Waals surface area (Å²) in [6.07, 6.45) is 0. The number of benzene rings is 10. The molecule has 0 aliphatic carbocycles. The molecule has 11 rings (SSSR count). The van der Waals surface area contributed by atoms with Gasteiger partial charge in [0, 0.05) is 26.7 Å². The molecule has 0 spiro atoms. The fourth-order valence-corrected chi connectivity index (χ4v) is 11.3. The molecule has 1 aliphatic rings. The molecule has 56 heavy (non-hydrogen) atoms. The van der Waals surface area contributed by atoms with E-state index < -0.39 is 7.14 Å². The summed E-state index contributed by atoms with van der Waals surface area (Å²) in [5, 5.41) is 11.1. The number of ether oxygens (including phenoxy) is 2. The lowest BCUT2D eigenvalue weighted by atomic mass is 9.84. The summed E-state index contributed by atoms with van der Waals surface area (Å²) in [5.74, 6) is 2.84.